The number of nitrogens with zero attached hydrogens (tertiary/aromatic N) is 1. The lowest BCUT2D eigenvalue weighted by Crippen LogP contribution is -2.40. The van der Waals surface area contributed by atoms with Crippen LogP contribution >= 0.6 is 27.3 Å². The maximum Gasteiger partial charge on any atom is 0.326 e. The summed E-state index contributed by atoms with van der Waals surface area (Å²) in [6, 6.07) is 1.14. The second-order valence-electron chi connectivity index (χ2n) is 4.06. The fraction of sp³-hybridized carbons (Fsp3) is 0.455. The van der Waals surface area contributed by atoms with Crippen molar-refractivity contribution >= 4 is 39.1 Å². The molecule has 1 aliphatic heterocycles. The average Bonchev–Trinajstić information content (AvgIpc) is 2.85. The van der Waals surface area contributed by atoms with Gasteiger partial charge in [-0.05, 0) is 47.3 Å². The van der Waals surface area contributed by atoms with Crippen LogP contribution in [0.3, 0.4) is 0 Å². The Labute approximate surface area is 111 Å². The molecule has 1 fully saturated rings. The van der Waals surface area contributed by atoms with Crippen molar-refractivity contribution in [3.05, 3.63) is 20.3 Å². The minimum Gasteiger partial charge on any atom is -0.480 e. The molecule has 1 aromatic rings. The molecule has 0 radical (unpaired) electrons. The highest BCUT2D eigenvalue weighted by molar-refractivity contribution is 9.11. The molecular formula is C11H12BrNO3S. The highest BCUT2D eigenvalue weighted by Gasteiger charge is 2.35. The molecule has 1 saturated heterocycles. The lowest BCUT2D eigenvalue weighted by Gasteiger charge is -2.20. The van der Waals surface area contributed by atoms with Gasteiger partial charge in [-0.15, -0.1) is 11.3 Å². The second kappa shape index (κ2) is 4.78. The smallest absolute Gasteiger partial charge is 0.326 e. The second-order valence-corrected chi connectivity index (χ2v) is 6.43. The van der Waals surface area contributed by atoms with Gasteiger partial charge in [0.1, 0.15) is 6.04 Å². The minimum atomic E-state index is -0.914. The molecule has 0 aromatic carbocycles. The number of rotatable bonds is 2. The Morgan fingerprint density at radius 1 is 1.59 bits per heavy atom. The largest absolute Gasteiger partial charge is 0.480 e. The molecule has 92 valence electrons. The van der Waals surface area contributed by atoms with Crippen molar-refractivity contribution in [2.45, 2.75) is 25.8 Å². The standard InChI is InChI=1S/C11H12BrNO3S/c1-6-5-8(17-9(6)12)10(14)13-4-2-3-7(13)11(15)16/h5,7H,2-4H2,1H3,(H,15,16). The predicted molar refractivity (Wildman–Crippen MR) is 68.5 cm³/mol. The van der Waals surface area contributed by atoms with E-state index in [1.54, 1.807) is 6.07 Å². The van der Waals surface area contributed by atoms with Gasteiger partial charge in [0.15, 0.2) is 0 Å². The zero-order valence-electron chi connectivity index (χ0n) is 9.27. The van der Waals surface area contributed by atoms with Crippen molar-refractivity contribution in [2.24, 2.45) is 0 Å². The van der Waals surface area contributed by atoms with Crippen LogP contribution in [-0.4, -0.2) is 34.5 Å². The first-order chi connectivity index (χ1) is 8.00. The summed E-state index contributed by atoms with van der Waals surface area (Å²) in [5, 5.41) is 9.04. The number of hydrogen-bond acceptors (Lipinski definition) is 3. The number of halogens is 1. The number of aliphatic carboxylic acids is 1. The molecule has 1 atom stereocenters. The van der Waals surface area contributed by atoms with Crippen molar-refractivity contribution in [1.29, 1.82) is 0 Å². The van der Waals surface area contributed by atoms with E-state index in [2.05, 4.69) is 15.9 Å². The first kappa shape index (κ1) is 12.6. The molecule has 0 bridgehead atoms. The number of carboxylic acid groups (broad SMARTS) is 1. The molecule has 2 rings (SSSR count). The molecule has 1 unspecified atom stereocenters. The first-order valence-electron chi connectivity index (χ1n) is 5.30. The van der Waals surface area contributed by atoms with Crippen molar-refractivity contribution in [3.63, 3.8) is 0 Å². The molecule has 0 aliphatic carbocycles. The topological polar surface area (TPSA) is 57.6 Å². The Hall–Kier alpha value is -0.880. The van der Waals surface area contributed by atoms with E-state index in [4.69, 9.17) is 5.11 Å². The summed E-state index contributed by atoms with van der Waals surface area (Å²) in [6.45, 7) is 2.44. The van der Waals surface area contributed by atoms with Gasteiger partial charge in [0, 0.05) is 6.54 Å². The monoisotopic (exact) mass is 317 g/mol. The molecule has 17 heavy (non-hydrogen) atoms. The fourth-order valence-corrected chi connectivity index (χ4v) is 3.46. The van der Waals surface area contributed by atoms with Crippen LogP contribution in [0.4, 0.5) is 0 Å². The summed E-state index contributed by atoms with van der Waals surface area (Å²) >= 11 is 4.72. The molecule has 0 saturated carbocycles. The van der Waals surface area contributed by atoms with Crippen molar-refractivity contribution in [3.8, 4) is 0 Å². The molecule has 0 spiro atoms. The summed E-state index contributed by atoms with van der Waals surface area (Å²) in [6.07, 6.45) is 1.31. The van der Waals surface area contributed by atoms with Gasteiger partial charge in [0.2, 0.25) is 0 Å². The van der Waals surface area contributed by atoms with Crippen LogP contribution in [0.2, 0.25) is 0 Å². The number of carbonyl (C=O) groups is 2. The number of carboxylic acids is 1. The number of aryl methyl sites for hydroxylation is 1. The zero-order valence-corrected chi connectivity index (χ0v) is 11.7. The summed E-state index contributed by atoms with van der Waals surface area (Å²) in [5.41, 5.74) is 1.00. The highest BCUT2D eigenvalue weighted by atomic mass is 79.9. The van der Waals surface area contributed by atoms with Crippen LogP contribution < -0.4 is 0 Å². The van der Waals surface area contributed by atoms with E-state index in [1.807, 2.05) is 6.92 Å². The third-order valence-corrected chi connectivity index (χ3v) is 4.99. The first-order valence-corrected chi connectivity index (χ1v) is 6.91. The lowest BCUT2D eigenvalue weighted by molar-refractivity contribution is -0.141. The van der Waals surface area contributed by atoms with E-state index in [0.717, 1.165) is 15.8 Å². The van der Waals surface area contributed by atoms with Crippen molar-refractivity contribution in [1.82, 2.24) is 4.90 Å². The number of carbonyl (C=O) groups excluding carboxylic acids is 1. The number of thiophene rings is 1. The Morgan fingerprint density at radius 3 is 2.82 bits per heavy atom. The normalized spacial score (nSPS) is 19.6. The quantitative estimate of drug-likeness (QED) is 0.911. The number of hydrogen-bond donors (Lipinski definition) is 1. The maximum atomic E-state index is 12.2. The molecule has 6 heteroatoms. The number of amides is 1. The maximum absolute atomic E-state index is 12.2. The molecule has 1 amide bonds. The van der Waals surface area contributed by atoms with Gasteiger partial charge in [-0.2, -0.15) is 0 Å². The molecule has 4 nitrogen and oxygen atoms in total. The third kappa shape index (κ3) is 2.37. The summed E-state index contributed by atoms with van der Waals surface area (Å²) in [7, 11) is 0. The van der Waals surface area contributed by atoms with Crippen LogP contribution in [-0.2, 0) is 4.79 Å². The van der Waals surface area contributed by atoms with E-state index >= 15 is 0 Å². The molecule has 1 aromatic heterocycles. The summed E-state index contributed by atoms with van der Waals surface area (Å²) in [4.78, 5) is 25.3. The van der Waals surface area contributed by atoms with Gasteiger partial charge < -0.3 is 10.0 Å². The van der Waals surface area contributed by atoms with E-state index in [0.29, 0.717) is 17.8 Å². The van der Waals surface area contributed by atoms with Crippen LogP contribution in [0.1, 0.15) is 28.1 Å². The average molecular weight is 318 g/mol. The van der Waals surface area contributed by atoms with Gasteiger partial charge in [-0.1, -0.05) is 0 Å². The summed E-state index contributed by atoms with van der Waals surface area (Å²) in [5.74, 6) is -1.09. The van der Waals surface area contributed by atoms with Crippen molar-refractivity contribution in [2.75, 3.05) is 6.54 Å². The Balaban J connectivity index is 2.22. The van der Waals surface area contributed by atoms with Crippen LogP contribution in [0.25, 0.3) is 0 Å². The lowest BCUT2D eigenvalue weighted by atomic mass is 10.2. The molecule has 1 aliphatic rings. The molecule has 2 heterocycles. The minimum absolute atomic E-state index is 0.172. The van der Waals surface area contributed by atoms with Crippen LogP contribution in [0, 0.1) is 6.92 Å². The van der Waals surface area contributed by atoms with Gasteiger partial charge in [-0.25, -0.2) is 4.79 Å². The number of likely N-dealkylation sites (tertiary alicyclic amines) is 1. The predicted octanol–water partition coefficient (Wildman–Crippen LogP) is 2.51. The van der Waals surface area contributed by atoms with Gasteiger partial charge in [0.05, 0.1) is 8.66 Å². The van der Waals surface area contributed by atoms with Gasteiger partial charge in [0.25, 0.3) is 5.91 Å². The van der Waals surface area contributed by atoms with Crippen molar-refractivity contribution < 1.29 is 14.7 Å². The SMILES string of the molecule is Cc1cc(C(=O)N2CCCC2C(=O)O)sc1Br. The van der Waals surface area contributed by atoms with Gasteiger partial charge in [-0.3, -0.25) is 4.79 Å². The molecular weight excluding hydrogens is 306 g/mol. The van der Waals surface area contributed by atoms with Crippen LogP contribution in [0.15, 0.2) is 9.85 Å². The third-order valence-electron chi connectivity index (χ3n) is 2.87. The van der Waals surface area contributed by atoms with Crippen LogP contribution in [0.5, 0.6) is 0 Å². The molecule has 1 N–H and O–H groups in total. The van der Waals surface area contributed by atoms with E-state index in [9.17, 15) is 9.59 Å². The van der Waals surface area contributed by atoms with E-state index in [-0.39, 0.29) is 5.91 Å². The van der Waals surface area contributed by atoms with E-state index < -0.39 is 12.0 Å². The fourth-order valence-electron chi connectivity index (χ4n) is 1.97. The zero-order chi connectivity index (χ0) is 12.6. The van der Waals surface area contributed by atoms with Gasteiger partial charge >= 0.3 is 5.97 Å². The Morgan fingerprint density at radius 2 is 2.29 bits per heavy atom. The summed E-state index contributed by atoms with van der Waals surface area (Å²) < 4.78 is 0.923. The highest BCUT2D eigenvalue weighted by Crippen LogP contribution is 2.30. The Kier molecular flexibility index (Phi) is 3.53. The Bertz CT molecular complexity index is 452. The van der Waals surface area contributed by atoms with E-state index in [1.165, 1.54) is 16.2 Å².